The molecule has 1 N–H and O–H groups in total. The predicted molar refractivity (Wildman–Crippen MR) is 107 cm³/mol. The quantitative estimate of drug-likeness (QED) is 0.429. The maximum Gasteiger partial charge on any atom is 0.301 e. The Labute approximate surface area is 162 Å². The molecule has 1 atom stereocenters. The molecule has 4 rings (SSSR count). The number of anilines is 1. The van der Waals surface area contributed by atoms with Gasteiger partial charge in [-0.05, 0) is 24.1 Å². The number of aromatic nitrogens is 1. The van der Waals surface area contributed by atoms with Crippen molar-refractivity contribution in [1.29, 1.82) is 0 Å². The molecule has 5 nitrogen and oxygen atoms in total. The smallest absolute Gasteiger partial charge is 0.301 e. The average molecular weight is 370 g/mol. The summed E-state index contributed by atoms with van der Waals surface area (Å²) < 4.78 is 0. The first-order valence-corrected chi connectivity index (χ1v) is 8.92. The van der Waals surface area contributed by atoms with Crippen molar-refractivity contribution in [1.82, 2.24) is 4.98 Å². The highest BCUT2D eigenvalue weighted by atomic mass is 16.3. The van der Waals surface area contributed by atoms with Crippen molar-refractivity contribution in [3.63, 3.8) is 0 Å². The summed E-state index contributed by atoms with van der Waals surface area (Å²) in [6, 6.07) is 20.8. The predicted octanol–water partition coefficient (Wildman–Crippen LogP) is 4.02. The van der Waals surface area contributed by atoms with Crippen molar-refractivity contribution < 1.29 is 14.7 Å². The lowest BCUT2D eigenvalue weighted by molar-refractivity contribution is -0.132. The summed E-state index contributed by atoms with van der Waals surface area (Å²) in [4.78, 5) is 31.7. The van der Waals surface area contributed by atoms with Gasteiger partial charge in [0.2, 0.25) is 0 Å². The van der Waals surface area contributed by atoms with E-state index in [0.717, 1.165) is 11.1 Å². The van der Waals surface area contributed by atoms with Crippen molar-refractivity contribution in [2.75, 3.05) is 4.90 Å². The molecule has 1 aliphatic heterocycles. The molecule has 0 bridgehead atoms. The van der Waals surface area contributed by atoms with Crippen molar-refractivity contribution >= 4 is 23.3 Å². The van der Waals surface area contributed by atoms with E-state index in [4.69, 9.17) is 0 Å². The molecular weight excluding hydrogens is 352 g/mol. The number of hydrogen-bond acceptors (Lipinski definition) is 4. The van der Waals surface area contributed by atoms with Crippen LogP contribution in [0.1, 0.15) is 22.7 Å². The van der Waals surface area contributed by atoms with E-state index >= 15 is 0 Å². The zero-order valence-corrected chi connectivity index (χ0v) is 15.2. The van der Waals surface area contributed by atoms with Gasteiger partial charge in [-0.1, -0.05) is 66.7 Å². The van der Waals surface area contributed by atoms with Crippen molar-refractivity contribution in [2.45, 2.75) is 13.0 Å². The molecule has 5 heteroatoms. The largest absolute Gasteiger partial charge is 0.507 e. The van der Waals surface area contributed by atoms with E-state index in [1.807, 2.05) is 49.4 Å². The van der Waals surface area contributed by atoms with Gasteiger partial charge in [0.1, 0.15) is 11.6 Å². The standard InChI is InChI=1S/C23H18N2O3/c1-15-9-8-14-24-22(15)25-19(16-10-4-2-5-11-16)18(21(27)23(25)28)20(26)17-12-6-3-7-13-17/h2-14,19,26H,1H3. The molecule has 28 heavy (non-hydrogen) atoms. The van der Waals surface area contributed by atoms with Crippen LogP contribution in [0.15, 0.2) is 84.6 Å². The van der Waals surface area contributed by atoms with Gasteiger partial charge in [0, 0.05) is 11.8 Å². The Hall–Kier alpha value is -3.73. The molecule has 0 radical (unpaired) electrons. The Morgan fingerprint density at radius 3 is 2.21 bits per heavy atom. The molecule has 1 fully saturated rings. The average Bonchev–Trinajstić information content (AvgIpc) is 3.00. The van der Waals surface area contributed by atoms with Gasteiger partial charge in [0.25, 0.3) is 5.78 Å². The normalized spacial score (nSPS) is 18.5. The van der Waals surface area contributed by atoms with Crippen LogP contribution in [0.2, 0.25) is 0 Å². The highest BCUT2D eigenvalue weighted by Gasteiger charge is 2.47. The van der Waals surface area contributed by atoms with Gasteiger partial charge >= 0.3 is 5.91 Å². The molecule has 1 aliphatic rings. The molecule has 0 aliphatic carbocycles. The van der Waals surface area contributed by atoms with Gasteiger partial charge in [-0.15, -0.1) is 0 Å². The fraction of sp³-hybridized carbons (Fsp3) is 0.0870. The second-order valence-corrected chi connectivity index (χ2v) is 6.59. The van der Waals surface area contributed by atoms with E-state index in [0.29, 0.717) is 11.4 Å². The van der Waals surface area contributed by atoms with Gasteiger partial charge in [0.15, 0.2) is 0 Å². The number of ketones is 1. The first kappa shape index (κ1) is 17.7. The van der Waals surface area contributed by atoms with E-state index in [1.165, 1.54) is 4.90 Å². The number of pyridine rings is 1. The van der Waals surface area contributed by atoms with Crippen LogP contribution < -0.4 is 4.90 Å². The number of aliphatic hydroxyl groups is 1. The van der Waals surface area contributed by atoms with E-state index in [9.17, 15) is 14.7 Å². The monoisotopic (exact) mass is 370 g/mol. The minimum atomic E-state index is -0.755. The van der Waals surface area contributed by atoms with E-state index < -0.39 is 17.7 Å². The molecule has 3 aromatic rings. The van der Waals surface area contributed by atoms with Crippen molar-refractivity contribution in [3.8, 4) is 0 Å². The van der Waals surface area contributed by atoms with Gasteiger partial charge in [-0.25, -0.2) is 4.98 Å². The third-order valence-electron chi connectivity index (χ3n) is 4.82. The Kier molecular flexibility index (Phi) is 4.49. The third-order valence-corrected chi connectivity index (χ3v) is 4.82. The summed E-state index contributed by atoms with van der Waals surface area (Å²) in [5, 5.41) is 10.9. The summed E-state index contributed by atoms with van der Waals surface area (Å²) in [5.74, 6) is -1.21. The summed E-state index contributed by atoms with van der Waals surface area (Å²) in [5.41, 5.74) is 2.04. The Balaban J connectivity index is 1.97. The Morgan fingerprint density at radius 1 is 0.929 bits per heavy atom. The van der Waals surface area contributed by atoms with Gasteiger partial charge in [-0.3, -0.25) is 14.5 Å². The maximum atomic E-state index is 13.0. The van der Waals surface area contributed by atoms with Crippen LogP contribution in [-0.2, 0) is 9.59 Å². The fourth-order valence-corrected chi connectivity index (χ4v) is 3.48. The number of hydrogen-bond donors (Lipinski definition) is 1. The van der Waals surface area contributed by atoms with Crippen LogP contribution in [0.4, 0.5) is 5.82 Å². The lowest BCUT2D eigenvalue weighted by Gasteiger charge is -2.25. The van der Waals surface area contributed by atoms with E-state index in [1.54, 1.807) is 36.5 Å². The third kappa shape index (κ3) is 2.87. The lowest BCUT2D eigenvalue weighted by atomic mass is 9.95. The van der Waals surface area contributed by atoms with Crippen molar-refractivity contribution in [3.05, 3.63) is 101 Å². The van der Waals surface area contributed by atoms with Crippen molar-refractivity contribution in [2.24, 2.45) is 0 Å². The molecule has 2 heterocycles. The number of benzene rings is 2. The number of aliphatic hydroxyl groups excluding tert-OH is 1. The van der Waals surface area contributed by atoms with Crippen LogP contribution in [0.25, 0.3) is 5.76 Å². The summed E-state index contributed by atoms with van der Waals surface area (Å²) in [6.45, 7) is 1.83. The lowest BCUT2D eigenvalue weighted by Crippen LogP contribution is -2.30. The van der Waals surface area contributed by atoms with E-state index in [-0.39, 0.29) is 11.3 Å². The molecule has 0 spiro atoms. The molecular formula is C23H18N2O3. The molecule has 1 unspecified atom stereocenters. The zero-order valence-electron chi connectivity index (χ0n) is 15.2. The topological polar surface area (TPSA) is 70.5 Å². The highest BCUT2D eigenvalue weighted by Crippen LogP contribution is 2.42. The number of rotatable bonds is 3. The summed E-state index contributed by atoms with van der Waals surface area (Å²) in [7, 11) is 0. The summed E-state index contributed by atoms with van der Waals surface area (Å²) in [6.07, 6.45) is 1.58. The SMILES string of the molecule is Cc1cccnc1N1C(=O)C(=O)C(=C(O)c2ccccc2)C1c1ccccc1. The van der Waals surface area contributed by atoms with Crippen LogP contribution in [0.3, 0.4) is 0 Å². The fourth-order valence-electron chi connectivity index (χ4n) is 3.48. The maximum absolute atomic E-state index is 13.0. The number of Topliss-reactive ketones (excluding diaryl/α,β-unsaturated/α-hetero) is 1. The molecule has 1 saturated heterocycles. The first-order valence-electron chi connectivity index (χ1n) is 8.92. The minimum Gasteiger partial charge on any atom is -0.507 e. The highest BCUT2D eigenvalue weighted by molar-refractivity contribution is 6.51. The number of carbonyl (C=O) groups excluding carboxylic acids is 2. The van der Waals surface area contributed by atoms with Crippen LogP contribution in [0.5, 0.6) is 0 Å². The number of carbonyl (C=O) groups is 2. The second-order valence-electron chi connectivity index (χ2n) is 6.59. The number of amides is 1. The van der Waals surface area contributed by atoms with Crippen LogP contribution in [0, 0.1) is 6.92 Å². The Morgan fingerprint density at radius 2 is 1.57 bits per heavy atom. The number of aryl methyl sites for hydroxylation is 1. The van der Waals surface area contributed by atoms with E-state index in [2.05, 4.69) is 4.98 Å². The van der Waals surface area contributed by atoms with Gasteiger partial charge in [-0.2, -0.15) is 0 Å². The second kappa shape index (κ2) is 7.12. The zero-order chi connectivity index (χ0) is 19.7. The Bertz CT molecular complexity index is 1080. The summed E-state index contributed by atoms with van der Waals surface area (Å²) >= 11 is 0. The van der Waals surface area contributed by atoms with Crippen LogP contribution in [-0.4, -0.2) is 21.8 Å². The molecule has 1 amide bonds. The first-order chi connectivity index (χ1) is 13.6. The molecule has 1 aromatic heterocycles. The molecule has 138 valence electrons. The number of nitrogens with zero attached hydrogens (tertiary/aromatic N) is 2. The molecule has 2 aromatic carbocycles. The molecule has 0 saturated carbocycles. The minimum absolute atomic E-state index is 0.0625. The van der Waals surface area contributed by atoms with Gasteiger partial charge in [0.05, 0.1) is 11.6 Å². The van der Waals surface area contributed by atoms with Gasteiger partial charge < -0.3 is 5.11 Å². The van der Waals surface area contributed by atoms with Crippen LogP contribution >= 0.6 is 0 Å².